The summed E-state index contributed by atoms with van der Waals surface area (Å²) in [7, 11) is 4.23. The third-order valence-corrected chi connectivity index (χ3v) is 3.78. The van der Waals surface area contributed by atoms with Crippen LogP contribution in [0.15, 0.2) is 0 Å². The molecule has 0 radical (unpaired) electrons. The molecule has 0 aliphatic carbocycles. The number of hydrogen-bond acceptors (Lipinski definition) is 4. The molecule has 1 saturated heterocycles. The summed E-state index contributed by atoms with van der Waals surface area (Å²) >= 11 is 0. The topological polar surface area (TPSA) is 69.8 Å². The van der Waals surface area contributed by atoms with Gasteiger partial charge in [0, 0.05) is 6.54 Å². The van der Waals surface area contributed by atoms with Crippen molar-refractivity contribution in [1.82, 2.24) is 9.80 Å². The number of piperidine rings is 1. The van der Waals surface area contributed by atoms with Crippen molar-refractivity contribution in [2.45, 2.75) is 31.7 Å². The molecule has 1 rings (SSSR count). The van der Waals surface area contributed by atoms with E-state index < -0.39 is 12.0 Å². The van der Waals surface area contributed by atoms with Gasteiger partial charge in [-0.15, -0.1) is 0 Å². The van der Waals surface area contributed by atoms with Gasteiger partial charge < -0.3 is 20.6 Å². The summed E-state index contributed by atoms with van der Waals surface area (Å²) in [6, 6.07) is -0.728. The second-order valence-electron chi connectivity index (χ2n) is 5.60. The van der Waals surface area contributed by atoms with E-state index in [0.717, 1.165) is 19.0 Å². The molecule has 1 aliphatic rings. The van der Waals surface area contributed by atoms with Crippen LogP contribution in [-0.2, 0) is 4.79 Å². The first-order valence-electron chi connectivity index (χ1n) is 6.84. The van der Waals surface area contributed by atoms with E-state index in [2.05, 4.69) is 16.8 Å². The summed E-state index contributed by atoms with van der Waals surface area (Å²) < 4.78 is 0. The Kier molecular flexibility index (Phi) is 6.60. The Bertz CT molecular complexity index is 261. The van der Waals surface area contributed by atoms with E-state index in [4.69, 9.17) is 10.8 Å². The Morgan fingerprint density at radius 2 is 2.28 bits per heavy atom. The maximum atomic E-state index is 10.6. The van der Waals surface area contributed by atoms with Crippen LogP contribution in [0, 0.1) is 5.92 Å². The number of carbonyl (C=O) groups is 1. The summed E-state index contributed by atoms with van der Waals surface area (Å²) in [6.45, 7) is 4.21. The molecule has 106 valence electrons. The zero-order valence-electron chi connectivity index (χ0n) is 11.6. The van der Waals surface area contributed by atoms with Crippen LogP contribution >= 0.6 is 0 Å². The Labute approximate surface area is 110 Å². The number of hydrogen-bond donors (Lipinski definition) is 2. The van der Waals surface area contributed by atoms with Gasteiger partial charge in [0.2, 0.25) is 0 Å². The van der Waals surface area contributed by atoms with Crippen molar-refractivity contribution in [3.63, 3.8) is 0 Å². The van der Waals surface area contributed by atoms with Crippen LogP contribution in [0.1, 0.15) is 25.7 Å². The molecule has 2 unspecified atom stereocenters. The molecule has 3 N–H and O–H groups in total. The lowest BCUT2D eigenvalue weighted by Gasteiger charge is -2.30. The van der Waals surface area contributed by atoms with Gasteiger partial charge in [0.05, 0.1) is 0 Å². The van der Waals surface area contributed by atoms with Gasteiger partial charge in [0.15, 0.2) is 0 Å². The number of likely N-dealkylation sites (tertiary alicyclic amines) is 1. The fourth-order valence-electron chi connectivity index (χ4n) is 2.51. The molecule has 2 atom stereocenters. The quantitative estimate of drug-likeness (QED) is 0.693. The first-order valence-corrected chi connectivity index (χ1v) is 6.84. The lowest BCUT2D eigenvalue weighted by molar-refractivity contribution is -0.138. The van der Waals surface area contributed by atoms with E-state index in [9.17, 15) is 4.79 Å². The molecule has 0 spiro atoms. The molecule has 0 aromatic rings. The lowest BCUT2D eigenvalue weighted by Crippen LogP contribution is -2.36. The lowest BCUT2D eigenvalue weighted by atomic mass is 9.95. The highest BCUT2D eigenvalue weighted by molar-refractivity contribution is 5.72. The summed E-state index contributed by atoms with van der Waals surface area (Å²) in [5, 5.41) is 8.71. The first-order chi connectivity index (χ1) is 8.49. The molecule has 0 bridgehead atoms. The van der Waals surface area contributed by atoms with Crippen molar-refractivity contribution in [3.05, 3.63) is 0 Å². The number of rotatable bonds is 7. The van der Waals surface area contributed by atoms with Crippen LogP contribution in [0.2, 0.25) is 0 Å². The standard InChI is InChI=1S/C13H27N3O2/c1-15(9-6-12(14)13(17)18)8-5-11-4-3-7-16(2)10-11/h11-12H,3-10,14H2,1-2H3,(H,17,18). The van der Waals surface area contributed by atoms with E-state index in [1.165, 1.54) is 32.4 Å². The summed E-state index contributed by atoms with van der Waals surface area (Å²) in [5.41, 5.74) is 5.49. The van der Waals surface area contributed by atoms with E-state index in [-0.39, 0.29) is 0 Å². The zero-order valence-corrected chi connectivity index (χ0v) is 11.6. The fourth-order valence-corrected chi connectivity index (χ4v) is 2.51. The molecule has 18 heavy (non-hydrogen) atoms. The summed E-state index contributed by atoms with van der Waals surface area (Å²) in [6.07, 6.45) is 4.35. The van der Waals surface area contributed by atoms with Crippen molar-refractivity contribution in [2.24, 2.45) is 11.7 Å². The third-order valence-electron chi connectivity index (χ3n) is 3.78. The van der Waals surface area contributed by atoms with E-state index in [0.29, 0.717) is 6.42 Å². The van der Waals surface area contributed by atoms with Crippen LogP contribution in [0.4, 0.5) is 0 Å². The highest BCUT2D eigenvalue weighted by Crippen LogP contribution is 2.18. The smallest absolute Gasteiger partial charge is 0.320 e. The Balaban J connectivity index is 2.12. The van der Waals surface area contributed by atoms with E-state index >= 15 is 0 Å². The van der Waals surface area contributed by atoms with Gasteiger partial charge in [-0.2, -0.15) is 0 Å². The average molecular weight is 257 g/mol. The second kappa shape index (κ2) is 7.71. The second-order valence-corrected chi connectivity index (χ2v) is 5.60. The van der Waals surface area contributed by atoms with Crippen molar-refractivity contribution in [1.29, 1.82) is 0 Å². The van der Waals surface area contributed by atoms with Gasteiger partial charge in [-0.05, 0) is 65.3 Å². The maximum absolute atomic E-state index is 10.6. The largest absolute Gasteiger partial charge is 0.480 e. The molecule has 5 nitrogen and oxygen atoms in total. The van der Waals surface area contributed by atoms with Crippen LogP contribution < -0.4 is 5.73 Å². The predicted molar refractivity (Wildman–Crippen MR) is 72.6 cm³/mol. The molecule has 0 saturated carbocycles. The first kappa shape index (κ1) is 15.4. The van der Waals surface area contributed by atoms with Crippen molar-refractivity contribution in [3.8, 4) is 0 Å². The van der Waals surface area contributed by atoms with Gasteiger partial charge >= 0.3 is 5.97 Å². The van der Waals surface area contributed by atoms with E-state index in [1.54, 1.807) is 0 Å². The number of nitrogens with two attached hydrogens (primary N) is 1. The molecule has 1 heterocycles. The number of aliphatic carboxylic acids is 1. The highest BCUT2D eigenvalue weighted by atomic mass is 16.4. The molecule has 1 aliphatic heterocycles. The molecule has 1 fully saturated rings. The fraction of sp³-hybridized carbons (Fsp3) is 0.923. The Morgan fingerprint density at radius 3 is 2.89 bits per heavy atom. The minimum atomic E-state index is -0.905. The molecule has 5 heteroatoms. The summed E-state index contributed by atoms with van der Waals surface area (Å²) in [5.74, 6) is -0.114. The molecule has 0 amide bonds. The van der Waals surface area contributed by atoms with Gasteiger partial charge in [0.1, 0.15) is 6.04 Å². The van der Waals surface area contributed by atoms with Gasteiger partial charge in [0.25, 0.3) is 0 Å². The minimum Gasteiger partial charge on any atom is -0.480 e. The van der Waals surface area contributed by atoms with Gasteiger partial charge in [-0.25, -0.2) is 0 Å². The normalized spacial score (nSPS) is 23.2. The van der Waals surface area contributed by atoms with Crippen molar-refractivity contribution >= 4 is 5.97 Å². The van der Waals surface area contributed by atoms with Gasteiger partial charge in [-0.3, -0.25) is 4.79 Å². The number of carboxylic acid groups (broad SMARTS) is 1. The predicted octanol–water partition coefficient (Wildman–Crippen LogP) is 0.452. The molecular weight excluding hydrogens is 230 g/mol. The number of carboxylic acids is 1. The Morgan fingerprint density at radius 1 is 1.56 bits per heavy atom. The maximum Gasteiger partial charge on any atom is 0.320 e. The van der Waals surface area contributed by atoms with Crippen LogP contribution in [-0.4, -0.2) is 67.2 Å². The highest BCUT2D eigenvalue weighted by Gasteiger charge is 2.18. The minimum absolute atomic E-state index is 0.524. The monoisotopic (exact) mass is 257 g/mol. The van der Waals surface area contributed by atoms with Crippen LogP contribution in [0.25, 0.3) is 0 Å². The molecule has 0 aromatic heterocycles. The van der Waals surface area contributed by atoms with E-state index in [1.807, 2.05) is 7.05 Å². The molecular formula is C13H27N3O2. The van der Waals surface area contributed by atoms with Crippen LogP contribution in [0.5, 0.6) is 0 Å². The third kappa shape index (κ3) is 5.80. The number of nitrogens with zero attached hydrogens (tertiary/aromatic N) is 2. The van der Waals surface area contributed by atoms with Crippen molar-refractivity contribution < 1.29 is 9.90 Å². The Hall–Kier alpha value is -0.650. The average Bonchev–Trinajstić information content (AvgIpc) is 2.33. The summed E-state index contributed by atoms with van der Waals surface area (Å²) in [4.78, 5) is 15.2. The van der Waals surface area contributed by atoms with Crippen molar-refractivity contribution in [2.75, 3.05) is 40.3 Å². The molecule has 0 aromatic carbocycles. The zero-order chi connectivity index (χ0) is 13.5. The van der Waals surface area contributed by atoms with Crippen LogP contribution in [0.3, 0.4) is 0 Å². The SMILES string of the molecule is CN(CCC1CCCN(C)C1)CCC(N)C(=O)O. The van der Waals surface area contributed by atoms with Gasteiger partial charge in [-0.1, -0.05) is 0 Å².